The first-order valence-electron chi connectivity index (χ1n) is 7.62. The average molecular weight is 267 g/mol. The smallest absolute Gasteiger partial charge is 0.293 e. The minimum Gasteiger partial charge on any atom is -0.464 e. The molecule has 0 bridgehead atoms. The molecule has 4 heteroatoms. The predicted octanol–water partition coefficient (Wildman–Crippen LogP) is 2.56. The Morgan fingerprint density at radius 3 is 2.89 bits per heavy atom. The Bertz CT molecular complexity index is 327. The first-order chi connectivity index (χ1) is 9.22. The Kier molecular flexibility index (Phi) is 4.83. The molecule has 0 radical (unpaired) electrons. The van der Waals surface area contributed by atoms with Gasteiger partial charge in [-0.3, -0.25) is 9.59 Å². The lowest BCUT2D eigenvalue weighted by Gasteiger charge is -2.50. The fourth-order valence-electron chi connectivity index (χ4n) is 3.91. The molecule has 1 N–H and O–H groups in total. The number of amides is 1. The third-order valence-corrected chi connectivity index (χ3v) is 4.78. The zero-order valence-corrected chi connectivity index (χ0v) is 11.8. The number of hydrogen-bond acceptors (Lipinski definition) is 3. The van der Waals surface area contributed by atoms with Crippen LogP contribution in [0.25, 0.3) is 0 Å². The molecule has 1 saturated heterocycles. The van der Waals surface area contributed by atoms with Crippen molar-refractivity contribution < 1.29 is 14.3 Å². The highest BCUT2D eigenvalue weighted by Crippen LogP contribution is 2.43. The van der Waals surface area contributed by atoms with Gasteiger partial charge in [-0.1, -0.05) is 19.8 Å². The second-order valence-corrected chi connectivity index (χ2v) is 5.97. The molecule has 1 saturated carbocycles. The van der Waals surface area contributed by atoms with Crippen LogP contribution in [0.3, 0.4) is 0 Å². The molecule has 2 fully saturated rings. The van der Waals surface area contributed by atoms with E-state index >= 15 is 0 Å². The van der Waals surface area contributed by atoms with Crippen LogP contribution in [0.1, 0.15) is 64.7 Å². The van der Waals surface area contributed by atoms with Crippen molar-refractivity contribution in [2.45, 2.75) is 76.4 Å². The molecule has 3 atom stereocenters. The molecular formula is C15H25NO3. The van der Waals surface area contributed by atoms with Crippen molar-refractivity contribution in [2.75, 3.05) is 0 Å². The number of hydrogen-bond donors (Lipinski definition) is 1. The molecule has 1 spiro atoms. The highest BCUT2D eigenvalue weighted by atomic mass is 16.5. The van der Waals surface area contributed by atoms with Gasteiger partial charge in [0.15, 0.2) is 0 Å². The number of nitrogens with one attached hydrogen (secondary N) is 1. The van der Waals surface area contributed by atoms with E-state index < -0.39 is 0 Å². The third kappa shape index (κ3) is 3.10. The van der Waals surface area contributed by atoms with Gasteiger partial charge in [-0.05, 0) is 38.5 Å². The predicted molar refractivity (Wildman–Crippen MR) is 72.5 cm³/mol. The summed E-state index contributed by atoms with van der Waals surface area (Å²) in [6.45, 7) is 2.75. The fourth-order valence-corrected chi connectivity index (χ4v) is 3.91. The summed E-state index contributed by atoms with van der Waals surface area (Å²) >= 11 is 0. The zero-order valence-electron chi connectivity index (χ0n) is 11.8. The van der Waals surface area contributed by atoms with E-state index in [1.54, 1.807) is 0 Å². The molecule has 1 amide bonds. The summed E-state index contributed by atoms with van der Waals surface area (Å²) in [7, 11) is 0. The number of piperidine rings is 1. The lowest BCUT2D eigenvalue weighted by Crippen LogP contribution is -2.61. The molecule has 0 unspecified atom stereocenters. The van der Waals surface area contributed by atoms with Gasteiger partial charge in [0.05, 0.1) is 0 Å². The van der Waals surface area contributed by atoms with Crippen LogP contribution < -0.4 is 5.32 Å². The summed E-state index contributed by atoms with van der Waals surface area (Å²) in [5.41, 5.74) is -0.115. The second kappa shape index (κ2) is 6.40. The van der Waals surface area contributed by atoms with Gasteiger partial charge in [0, 0.05) is 17.9 Å². The summed E-state index contributed by atoms with van der Waals surface area (Å²) in [5.74, 6) is 0.454. The van der Waals surface area contributed by atoms with E-state index in [1.807, 2.05) is 0 Å². The maximum Gasteiger partial charge on any atom is 0.293 e. The summed E-state index contributed by atoms with van der Waals surface area (Å²) in [6, 6.07) is 0. The maximum atomic E-state index is 11.8. The van der Waals surface area contributed by atoms with Gasteiger partial charge >= 0.3 is 0 Å². The lowest BCUT2D eigenvalue weighted by atomic mass is 9.65. The topological polar surface area (TPSA) is 55.4 Å². The van der Waals surface area contributed by atoms with Gasteiger partial charge in [0.25, 0.3) is 6.47 Å². The van der Waals surface area contributed by atoms with Crippen molar-refractivity contribution in [3.8, 4) is 0 Å². The average Bonchev–Trinajstić information content (AvgIpc) is 2.38. The quantitative estimate of drug-likeness (QED) is 0.779. The SMILES string of the molecule is CCCC[C@H]1[C@H](OC=O)CCC[C@@]12CCCC(=O)N2. The van der Waals surface area contributed by atoms with Gasteiger partial charge in [-0.25, -0.2) is 0 Å². The van der Waals surface area contributed by atoms with Crippen LogP contribution in [-0.4, -0.2) is 24.0 Å². The third-order valence-electron chi connectivity index (χ3n) is 4.78. The van der Waals surface area contributed by atoms with E-state index in [2.05, 4.69) is 12.2 Å². The largest absolute Gasteiger partial charge is 0.464 e. The van der Waals surface area contributed by atoms with Gasteiger partial charge in [0.1, 0.15) is 6.10 Å². The molecule has 108 valence electrons. The molecule has 1 aliphatic carbocycles. The Morgan fingerprint density at radius 1 is 1.42 bits per heavy atom. The minimum absolute atomic E-state index is 0.0174. The molecule has 0 aromatic rings. The van der Waals surface area contributed by atoms with Crippen LogP contribution in [0, 0.1) is 5.92 Å². The van der Waals surface area contributed by atoms with Crippen LogP contribution in [-0.2, 0) is 14.3 Å². The van der Waals surface area contributed by atoms with E-state index in [4.69, 9.17) is 4.74 Å². The summed E-state index contributed by atoms with van der Waals surface area (Å²) in [6.07, 6.45) is 8.91. The standard InChI is InChI=1S/C15H25NO3/c1-2-3-6-12-13(19-11-17)7-4-9-15(12)10-5-8-14(18)16-15/h11-13H,2-10H2,1H3,(H,16,18)/t12-,13+,15+/m0/s1. The monoisotopic (exact) mass is 267 g/mol. The van der Waals surface area contributed by atoms with E-state index in [0.717, 1.165) is 51.4 Å². The Balaban J connectivity index is 2.16. The molecule has 2 aliphatic rings. The molecule has 1 aliphatic heterocycles. The summed E-state index contributed by atoms with van der Waals surface area (Å²) < 4.78 is 5.32. The summed E-state index contributed by atoms with van der Waals surface area (Å²) in [5, 5.41) is 3.24. The Labute approximate surface area is 115 Å². The molecule has 0 aromatic heterocycles. The van der Waals surface area contributed by atoms with Crippen LogP contribution in [0.5, 0.6) is 0 Å². The number of carbonyl (C=O) groups excluding carboxylic acids is 2. The Hall–Kier alpha value is -1.06. The lowest BCUT2D eigenvalue weighted by molar-refractivity contribution is -0.144. The van der Waals surface area contributed by atoms with Gasteiger partial charge < -0.3 is 10.1 Å². The first-order valence-corrected chi connectivity index (χ1v) is 7.62. The van der Waals surface area contributed by atoms with Crippen LogP contribution in [0.15, 0.2) is 0 Å². The van der Waals surface area contributed by atoms with Crippen molar-refractivity contribution in [3.63, 3.8) is 0 Å². The first kappa shape index (κ1) is 14.4. The van der Waals surface area contributed by atoms with Gasteiger partial charge in [-0.15, -0.1) is 0 Å². The normalized spacial score (nSPS) is 34.9. The van der Waals surface area contributed by atoms with Gasteiger partial charge in [0.2, 0.25) is 5.91 Å². The van der Waals surface area contributed by atoms with Crippen molar-refractivity contribution in [1.29, 1.82) is 0 Å². The molecule has 1 heterocycles. The maximum absolute atomic E-state index is 11.8. The number of unbranched alkanes of at least 4 members (excludes halogenated alkanes) is 1. The van der Waals surface area contributed by atoms with Crippen LogP contribution in [0.4, 0.5) is 0 Å². The highest BCUT2D eigenvalue weighted by Gasteiger charge is 2.48. The van der Waals surface area contributed by atoms with Gasteiger partial charge in [-0.2, -0.15) is 0 Å². The molecular weight excluding hydrogens is 242 g/mol. The molecule has 19 heavy (non-hydrogen) atoms. The van der Waals surface area contributed by atoms with E-state index in [1.165, 1.54) is 0 Å². The fraction of sp³-hybridized carbons (Fsp3) is 0.867. The van der Waals surface area contributed by atoms with Crippen LogP contribution in [0.2, 0.25) is 0 Å². The highest BCUT2D eigenvalue weighted by molar-refractivity contribution is 5.77. The van der Waals surface area contributed by atoms with E-state index in [-0.39, 0.29) is 23.5 Å². The van der Waals surface area contributed by atoms with Crippen molar-refractivity contribution in [1.82, 2.24) is 5.32 Å². The van der Waals surface area contributed by atoms with Crippen LogP contribution >= 0.6 is 0 Å². The van der Waals surface area contributed by atoms with Crippen molar-refractivity contribution >= 4 is 12.4 Å². The number of rotatable bonds is 5. The second-order valence-electron chi connectivity index (χ2n) is 5.97. The van der Waals surface area contributed by atoms with E-state index in [9.17, 15) is 9.59 Å². The minimum atomic E-state index is -0.115. The van der Waals surface area contributed by atoms with E-state index in [0.29, 0.717) is 12.9 Å². The molecule has 0 aromatic carbocycles. The number of carbonyl (C=O) groups is 2. The molecule has 4 nitrogen and oxygen atoms in total. The Morgan fingerprint density at radius 2 is 2.21 bits per heavy atom. The number of ether oxygens (including phenoxy) is 1. The molecule has 2 rings (SSSR count). The van der Waals surface area contributed by atoms with Crippen molar-refractivity contribution in [3.05, 3.63) is 0 Å². The summed E-state index contributed by atoms with van der Waals surface area (Å²) in [4.78, 5) is 22.5. The van der Waals surface area contributed by atoms with Crippen molar-refractivity contribution in [2.24, 2.45) is 5.92 Å². The zero-order chi connectivity index (χ0) is 13.7.